The van der Waals surface area contributed by atoms with E-state index in [0.717, 1.165) is 25.1 Å². The number of pyridine rings is 1. The number of carbonyl (C=O) groups is 1. The zero-order valence-corrected chi connectivity index (χ0v) is 13.6. The van der Waals surface area contributed by atoms with E-state index in [9.17, 15) is 14.9 Å². The topological polar surface area (TPSA) is 97.6 Å². The summed E-state index contributed by atoms with van der Waals surface area (Å²) < 4.78 is 5.27. The second-order valence-electron chi connectivity index (χ2n) is 6.56. The Morgan fingerprint density at radius 2 is 2.22 bits per heavy atom. The number of nitro groups is 1. The van der Waals surface area contributed by atoms with Crippen LogP contribution in [0.1, 0.15) is 33.6 Å². The lowest BCUT2D eigenvalue weighted by Crippen LogP contribution is -2.49. The first-order chi connectivity index (χ1) is 10.7. The normalized spacial score (nSPS) is 18.4. The number of amides is 1. The Bertz CT molecular complexity index is 568. The van der Waals surface area contributed by atoms with Crippen LogP contribution in [-0.2, 0) is 4.74 Å². The lowest BCUT2D eigenvalue weighted by Gasteiger charge is -2.34. The van der Waals surface area contributed by atoms with Gasteiger partial charge in [-0.2, -0.15) is 0 Å². The van der Waals surface area contributed by atoms with Gasteiger partial charge in [-0.3, -0.25) is 0 Å². The number of aromatic nitrogens is 1. The molecule has 0 bridgehead atoms. The summed E-state index contributed by atoms with van der Waals surface area (Å²) in [6.07, 6.45) is 2.85. The number of nitrogens with one attached hydrogen (secondary N) is 1. The molecule has 8 heteroatoms. The summed E-state index contributed by atoms with van der Waals surface area (Å²) in [5.41, 5.74) is 0.284. The summed E-state index contributed by atoms with van der Waals surface area (Å²) in [7, 11) is 0. The average Bonchev–Trinajstić information content (AvgIpc) is 2.45. The lowest BCUT2D eigenvalue weighted by molar-refractivity contribution is -0.389. The standard InChI is InChI=1S/C15H22N4O4/c1-15(2,3)23-14(20)17-11-5-4-8-18(10-11)12-6-7-13(16-9-12)19(21)22/h6-7,9,11H,4-5,8,10H2,1-3H3,(H,17,20)/t11-/m0/s1. The summed E-state index contributed by atoms with van der Waals surface area (Å²) in [5, 5.41) is 13.5. The van der Waals surface area contributed by atoms with Crippen molar-refractivity contribution in [1.29, 1.82) is 0 Å². The molecule has 1 saturated heterocycles. The molecule has 1 N–H and O–H groups in total. The molecule has 1 aliphatic heterocycles. The van der Waals surface area contributed by atoms with Gasteiger partial charge in [0.25, 0.3) is 0 Å². The van der Waals surface area contributed by atoms with Crippen LogP contribution >= 0.6 is 0 Å². The maximum Gasteiger partial charge on any atom is 0.407 e. The van der Waals surface area contributed by atoms with Crippen molar-refractivity contribution < 1.29 is 14.5 Å². The molecular weight excluding hydrogens is 300 g/mol. The molecule has 0 aromatic carbocycles. The maximum absolute atomic E-state index is 11.9. The highest BCUT2D eigenvalue weighted by Gasteiger charge is 2.25. The molecule has 1 aromatic rings. The van der Waals surface area contributed by atoms with Crippen molar-refractivity contribution in [2.45, 2.75) is 45.3 Å². The molecule has 23 heavy (non-hydrogen) atoms. The average molecular weight is 322 g/mol. The number of carbonyl (C=O) groups excluding carboxylic acids is 1. The number of ether oxygens (including phenoxy) is 1. The molecule has 0 saturated carbocycles. The first kappa shape index (κ1) is 17.0. The Morgan fingerprint density at radius 1 is 1.48 bits per heavy atom. The third kappa shape index (κ3) is 5.08. The summed E-state index contributed by atoms with van der Waals surface area (Å²) in [5.74, 6) is -0.172. The van der Waals surface area contributed by atoms with Crippen molar-refractivity contribution in [3.63, 3.8) is 0 Å². The van der Waals surface area contributed by atoms with E-state index in [1.54, 1.807) is 6.07 Å². The Hall–Kier alpha value is -2.38. The highest BCUT2D eigenvalue weighted by atomic mass is 16.6. The van der Waals surface area contributed by atoms with Gasteiger partial charge in [0.1, 0.15) is 5.60 Å². The summed E-state index contributed by atoms with van der Waals surface area (Å²) in [4.78, 5) is 27.9. The van der Waals surface area contributed by atoms with E-state index in [0.29, 0.717) is 6.54 Å². The van der Waals surface area contributed by atoms with E-state index in [1.807, 2.05) is 20.8 Å². The van der Waals surface area contributed by atoms with E-state index in [1.165, 1.54) is 12.3 Å². The molecule has 1 aromatic heterocycles. The van der Waals surface area contributed by atoms with Crippen LogP contribution < -0.4 is 10.2 Å². The van der Waals surface area contributed by atoms with Crippen molar-refractivity contribution in [3.8, 4) is 0 Å². The van der Waals surface area contributed by atoms with E-state index in [4.69, 9.17) is 4.74 Å². The second kappa shape index (κ2) is 6.80. The molecule has 1 aliphatic rings. The SMILES string of the molecule is CC(C)(C)OC(=O)N[C@H]1CCCN(c2ccc([N+](=O)[O-])nc2)C1. The van der Waals surface area contributed by atoms with Crippen molar-refractivity contribution in [2.75, 3.05) is 18.0 Å². The first-order valence-corrected chi connectivity index (χ1v) is 7.59. The van der Waals surface area contributed by atoms with Gasteiger partial charge in [0.05, 0.1) is 5.69 Å². The minimum absolute atomic E-state index is 0.0196. The Kier molecular flexibility index (Phi) is 5.02. The minimum atomic E-state index is -0.527. The number of piperidine rings is 1. The highest BCUT2D eigenvalue weighted by molar-refractivity contribution is 5.68. The van der Waals surface area contributed by atoms with E-state index >= 15 is 0 Å². The number of alkyl carbamates (subject to hydrolysis) is 1. The van der Waals surface area contributed by atoms with Gasteiger partial charge < -0.3 is 25.1 Å². The van der Waals surface area contributed by atoms with Gasteiger partial charge in [0.2, 0.25) is 0 Å². The Balaban J connectivity index is 1.95. The highest BCUT2D eigenvalue weighted by Crippen LogP contribution is 2.21. The van der Waals surface area contributed by atoms with Crippen LogP contribution in [0.25, 0.3) is 0 Å². The van der Waals surface area contributed by atoms with E-state index in [-0.39, 0.29) is 11.9 Å². The van der Waals surface area contributed by atoms with E-state index in [2.05, 4.69) is 15.2 Å². The lowest BCUT2D eigenvalue weighted by atomic mass is 10.1. The minimum Gasteiger partial charge on any atom is -0.444 e. The molecule has 0 spiro atoms. The molecule has 1 amide bonds. The largest absolute Gasteiger partial charge is 0.444 e. The summed E-state index contributed by atoms with van der Waals surface area (Å²) in [6, 6.07) is 3.05. The molecule has 0 aliphatic carbocycles. The van der Waals surface area contributed by atoms with Crippen LogP contribution in [0.4, 0.5) is 16.3 Å². The fourth-order valence-corrected chi connectivity index (χ4v) is 2.48. The first-order valence-electron chi connectivity index (χ1n) is 7.59. The van der Waals surface area contributed by atoms with Crippen molar-refractivity contribution in [2.24, 2.45) is 0 Å². The van der Waals surface area contributed by atoms with Gasteiger partial charge in [-0.1, -0.05) is 0 Å². The van der Waals surface area contributed by atoms with Crippen molar-refractivity contribution in [1.82, 2.24) is 10.3 Å². The van der Waals surface area contributed by atoms with Crippen LogP contribution in [0.3, 0.4) is 0 Å². The molecule has 8 nitrogen and oxygen atoms in total. The number of rotatable bonds is 3. The number of nitrogens with zero attached hydrogens (tertiary/aromatic N) is 3. The molecule has 2 rings (SSSR count). The Labute approximate surface area is 135 Å². The molecule has 1 atom stereocenters. The Morgan fingerprint density at radius 3 is 2.78 bits per heavy atom. The van der Waals surface area contributed by atoms with Gasteiger partial charge in [-0.25, -0.2) is 4.79 Å². The predicted molar refractivity (Wildman–Crippen MR) is 85.5 cm³/mol. The van der Waals surface area contributed by atoms with Crippen LogP contribution in [0, 0.1) is 10.1 Å². The summed E-state index contributed by atoms with van der Waals surface area (Å²) >= 11 is 0. The molecule has 0 unspecified atom stereocenters. The van der Waals surface area contributed by atoms with E-state index < -0.39 is 16.6 Å². The number of anilines is 1. The van der Waals surface area contributed by atoms with Crippen LogP contribution in [-0.4, -0.2) is 40.7 Å². The third-order valence-electron chi connectivity index (χ3n) is 3.43. The molecule has 1 fully saturated rings. The van der Waals surface area contributed by atoms with Crippen LogP contribution in [0.5, 0.6) is 0 Å². The molecule has 0 radical (unpaired) electrons. The monoisotopic (exact) mass is 322 g/mol. The third-order valence-corrected chi connectivity index (χ3v) is 3.43. The molecule has 126 valence electrons. The van der Waals surface area contributed by atoms with Crippen LogP contribution in [0.15, 0.2) is 18.3 Å². The van der Waals surface area contributed by atoms with Gasteiger partial charge in [-0.15, -0.1) is 0 Å². The second-order valence-corrected chi connectivity index (χ2v) is 6.56. The quantitative estimate of drug-likeness (QED) is 0.678. The van der Waals surface area contributed by atoms with Gasteiger partial charge in [0, 0.05) is 25.2 Å². The number of hydrogen-bond donors (Lipinski definition) is 1. The predicted octanol–water partition coefficient (Wildman–Crippen LogP) is 2.48. The molecular formula is C15H22N4O4. The van der Waals surface area contributed by atoms with Crippen molar-refractivity contribution in [3.05, 3.63) is 28.4 Å². The van der Waals surface area contributed by atoms with Gasteiger partial charge >= 0.3 is 11.9 Å². The molecule has 2 heterocycles. The van der Waals surface area contributed by atoms with Gasteiger partial charge in [-0.05, 0) is 49.6 Å². The maximum atomic E-state index is 11.9. The zero-order chi connectivity index (χ0) is 17.0. The summed E-state index contributed by atoms with van der Waals surface area (Å²) in [6.45, 7) is 6.91. The zero-order valence-electron chi connectivity index (χ0n) is 13.6. The fourth-order valence-electron chi connectivity index (χ4n) is 2.48. The van der Waals surface area contributed by atoms with Crippen LogP contribution in [0.2, 0.25) is 0 Å². The van der Waals surface area contributed by atoms with Crippen molar-refractivity contribution >= 4 is 17.6 Å². The smallest absolute Gasteiger partial charge is 0.407 e. The fraction of sp³-hybridized carbons (Fsp3) is 0.600. The van der Waals surface area contributed by atoms with Gasteiger partial charge in [0.15, 0.2) is 6.20 Å². The number of hydrogen-bond acceptors (Lipinski definition) is 6.